The lowest BCUT2D eigenvalue weighted by molar-refractivity contribution is 0.354. The van der Waals surface area contributed by atoms with Crippen LogP contribution in [-0.4, -0.2) is 24.7 Å². The molecule has 1 fully saturated rings. The molecule has 82 valence electrons. The van der Waals surface area contributed by atoms with E-state index in [0.29, 0.717) is 0 Å². The third kappa shape index (κ3) is 1.84. The first-order valence-electron chi connectivity index (χ1n) is 5.61. The molecule has 15 heavy (non-hydrogen) atoms. The summed E-state index contributed by atoms with van der Waals surface area (Å²) in [6, 6.07) is 4.11. The second kappa shape index (κ2) is 4.19. The Balaban J connectivity index is 2.22. The zero-order valence-electron chi connectivity index (χ0n) is 9.53. The zero-order valence-corrected chi connectivity index (χ0v) is 9.53. The highest BCUT2D eigenvalue weighted by atomic mass is 15.3. The first-order valence-corrected chi connectivity index (χ1v) is 5.61. The summed E-state index contributed by atoms with van der Waals surface area (Å²) in [4.78, 5) is 6.50. The lowest BCUT2D eigenvalue weighted by Gasteiger charge is -2.40. The van der Waals surface area contributed by atoms with Crippen LogP contribution in [0.2, 0.25) is 0 Å². The molecule has 0 spiro atoms. The van der Waals surface area contributed by atoms with E-state index in [2.05, 4.69) is 35.4 Å². The van der Waals surface area contributed by atoms with Crippen molar-refractivity contribution in [3.8, 4) is 0 Å². The van der Waals surface area contributed by atoms with Gasteiger partial charge in [0.05, 0.1) is 17.5 Å². The van der Waals surface area contributed by atoms with Gasteiger partial charge >= 0.3 is 0 Å². The number of hydrogen-bond acceptors (Lipinski definition) is 3. The molecule has 1 aromatic rings. The fourth-order valence-electron chi connectivity index (χ4n) is 2.51. The molecule has 3 nitrogen and oxygen atoms in total. The number of nitrogens with zero attached hydrogens (tertiary/aromatic N) is 2. The van der Waals surface area contributed by atoms with Gasteiger partial charge < -0.3 is 4.90 Å². The molecule has 1 heterocycles. The summed E-state index contributed by atoms with van der Waals surface area (Å²) in [5.74, 6) is 0. The van der Waals surface area contributed by atoms with Gasteiger partial charge in [0, 0.05) is 13.2 Å². The molecule has 0 atom stereocenters. The van der Waals surface area contributed by atoms with Crippen LogP contribution in [0, 0.1) is 0 Å². The highest BCUT2D eigenvalue weighted by Gasteiger charge is 2.36. The van der Waals surface area contributed by atoms with Gasteiger partial charge in [-0.05, 0) is 44.9 Å². The third-order valence-electron chi connectivity index (χ3n) is 3.57. The normalized spacial score (nSPS) is 19.1. The maximum absolute atomic E-state index is 4.17. The minimum atomic E-state index is 0.142. The summed E-state index contributed by atoms with van der Waals surface area (Å²) < 4.78 is 0. The Morgan fingerprint density at radius 2 is 2.13 bits per heavy atom. The molecule has 1 aliphatic carbocycles. The van der Waals surface area contributed by atoms with Crippen molar-refractivity contribution in [2.75, 3.05) is 19.0 Å². The highest BCUT2D eigenvalue weighted by Crippen LogP contribution is 2.34. The lowest BCUT2D eigenvalue weighted by Crippen LogP contribution is -2.54. The molecule has 0 bridgehead atoms. The molecule has 0 saturated heterocycles. The van der Waals surface area contributed by atoms with Crippen molar-refractivity contribution >= 4 is 5.69 Å². The second-order valence-corrected chi connectivity index (χ2v) is 4.26. The lowest BCUT2D eigenvalue weighted by atomic mass is 10.1. The maximum Gasteiger partial charge on any atom is 0.0903 e. The van der Waals surface area contributed by atoms with E-state index in [-0.39, 0.29) is 5.66 Å². The summed E-state index contributed by atoms with van der Waals surface area (Å²) in [5, 5.41) is 3.47. The second-order valence-electron chi connectivity index (χ2n) is 4.26. The molecule has 0 radical (unpaired) electrons. The van der Waals surface area contributed by atoms with E-state index < -0.39 is 0 Å². The summed E-state index contributed by atoms with van der Waals surface area (Å²) >= 11 is 0. The number of aromatic nitrogens is 1. The first kappa shape index (κ1) is 10.4. The van der Waals surface area contributed by atoms with Gasteiger partial charge in [-0.3, -0.25) is 10.3 Å². The Morgan fingerprint density at radius 3 is 2.67 bits per heavy atom. The standard InChI is InChI=1S/C12H19N3/c1-13-12(7-3-4-8-12)15(2)11-6-5-9-14-10-11/h5-6,9-10,13H,3-4,7-8H2,1-2H3. The smallest absolute Gasteiger partial charge is 0.0903 e. The van der Waals surface area contributed by atoms with Gasteiger partial charge in [0.15, 0.2) is 0 Å². The van der Waals surface area contributed by atoms with E-state index in [1.165, 1.54) is 31.4 Å². The van der Waals surface area contributed by atoms with Crippen molar-refractivity contribution in [1.29, 1.82) is 0 Å². The maximum atomic E-state index is 4.17. The van der Waals surface area contributed by atoms with Gasteiger partial charge in [0.1, 0.15) is 0 Å². The fourth-order valence-corrected chi connectivity index (χ4v) is 2.51. The fraction of sp³-hybridized carbons (Fsp3) is 0.583. The van der Waals surface area contributed by atoms with Gasteiger partial charge in [0.25, 0.3) is 0 Å². The van der Waals surface area contributed by atoms with Crippen LogP contribution < -0.4 is 10.2 Å². The molecule has 0 unspecified atom stereocenters. The van der Waals surface area contributed by atoms with Crippen LogP contribution >= 0.6 is 0 Å². The van der Waals surface area contributed by atoms with E-state index >= 15 is 0 Å². The van der Waals surface area contributed by atoms with Crippen LogP contribution in [-0.2, 0) is 0 Å². The average Bonchev–Trinajstić information content (AvgIpc) is 2.79. The summed E-state index contributed by atoms with van der Waals surface area (Å²) in [7, 11) is 4.21. The number of pyridine rings is 1. The number of anilines is 1. The molecule has 1 aromatic heterocycles. The van der Waals surface area contributed by atoms with Gasteiger partial charge in [0.2, 0.25) is 0 Å². The van der Waals surface area contributed by atoms with Gasteiger partial charge in [-0.25, -0.2) is 0 Å². The zero-order chi connectivity index (χ0) is 10.7. The van der Waals surface area contributed by atoms with Gasteiger partial charge in [-0.2, -0.15) is 0 Å². The highest BCUT2D eigenvalue weighted by molar-refractivity contribution is 5.45. The van der Waals surface area contributed by atoms with Crippen molar-refractivity contribution < 1.29 is 0 Å². The summed E-state index contributed by atoms with van der Waals surface area (Å²) in [6.07, 6.45) is 8.80. The Bertz CT molecular complexity index is 304. The van der Waals surface area contributed by atoms with Crippen LogP contribution in [0.25, 0.3) is 0 Å². The molecule has 2 rings (SSSR count). The number of nitrogens with one attached hydrogen (secondary N) is 1. The van der Waals surface area contributed by atoms with Gasteiger partial charge in [-0.15, -0.1) is 0 Å². The first-order chi connectivity index (χ1) is 7.28. The third-order valence-corrected chi connectivity index (χ3v) is 3.57. The minimum Gasteiger partial charge on any atom is -0.355 e. The van der Waals surface area contributed by atoms with Crippen molar-refractivity contribution in [3.05, 3.63) is 24.5 Å². The van der Waals surface area contributed by atoms with E-state index in [1.54, 1.807) is 0 Å². The van der Waals surface area contributed by atoms with E-state index in [4.69, 9.17) is 0 Å². The van der Waals surface area contributed by atoms with Crippen LogP contribution in [0.1, 0.15) is 25.7 Å². The molecule has 1 aliphatic rings. The molecule has 0 aliphatic heterocycles. The van der Waals surface area contributed by atoms with Crippen LogP contribution in [0.15, 0.2) is 24.5 Å². The van der Waals surface area contributed by atoms with Crippen LogP contribution in [0.3, 0.4) is 0 Å². The Kier molecular flexibility index (Phi) is 2.91. The van der Waals surface area contributed by atoms with Crippen molar-refractivity contribution in [1.82, 2.24) is 10.3 Å². The number of rotatable bonds is 3. The average molecular weight is 205 g/mol. The molecule has 3 heteroatoms. The van der Waals surface area contributed by atoms with Crippen molar-refractivity contribution in [2.24, 2.45) is 0 Å². The Hall–Kier alpha value is -1.09. The molecule has 1 saturated carbocycles. The predicted octanol–water partition coefficient (Wildman–Crippen LogP) is 2.01. The Morgan fingerprint density at radius 1 is 1.40 bits per heavy atom. The van der Waals surface area contributed by atoms with Crippen LogP contribution in [0.5, 0.6) is 0 Å². The van der Waals surface area contributed by atoms with E-state index in [9.17, 15) is 0 Å². The van der Waals surface area contributed by atoms with Crippen LogP contribution in [0.4, 0.5) is 5.69 Å². The molecule has 0 amide bonds. The predicted molar refractivity (Wildman–Crippen MR) is 62.9 cm³/mol. The molecule has 0 aromatic carbocycles. The number of hydrogen-bond donors (Lipinski definition) is 1. The Labute approximate surface area is 91.5 Å². The van der Waals surface area contributed by atoms with Crippen molar-refractivity contribution in [3.63, 3.8) is 0 Å². The largest absolute Gasteiger partial charge is 0.355 e. The van der Waals surface area contributed by atoms with Gasteiger partial charge in [-0.1, -0.05) is 0 Å². The summed E-state index contributed by atoms with van der Waals surface area (Å²) in [5.41, 5.74) is 1.33. The van der Waals surface area contributed by atoms with E-state index in [0.717, 1.165) is 0 Å². The summed E-state index contributed by atoms with van der Waals surface area (Å²) in [6.45, 7) is 0. The quantitative estimate of drug-likeness (QED) is 0.765. The molecular weight excluding hydrogens is 186 g/mol. The molecular formula is C12H19N3. The SMILES string of the molecule is CNC1(N(C)c2cccnc2)CCCC1. The van der Waals surface area contributed by atoms with E-state index in [1.807, 2.05) is 18.5 Å². The van der Waals surface area contributed by atoms with Crippen molar-refractivity contribution in [2.45, 2.75) is 31.3 Å². The molecule has 1 N–H and O–H groups in total. The topological polar surface area (TPSA) is 28.2 Å². The minimum absolute atomic E-state index is 0.142. The monoisotopic (exact) mass is 205 g/mol.